The van der Waals surface area contributed by atoms with Crippen molar-refractivity contribution in [3.05, 3.63) is 52.3 Å². The Bertz CT molecular complexity index is 605. The van der Waals surface area contributed by atoms with E-state index in [1.165, 1.54) is 23.2 Å². The molecule has 0 aliphatic carbocycles. The van der Waals surface area contributed by atoms with Gasteiger partial charge in [-0.1, -0.05) is 29.8 Å². The van der Waals surface area contributed by atoms with Crippen molar-refractivity contribution in [3.63, 3.8) is 0 Å². The van der Waals surface area contributed by atoms with E-state index >= 15 is 0 Å². The summed E-state index contributed by atoms with van der Waals surface area (Å²) >= 11 is 6.15. The third-order valence-electron chi connectivity index (χ3n) is 3.73. The minimum absolute atomic E-state index is 0.530. The second-order valence-corrected chi connectivity index (χ2v) is 5.49. The number of halogens is 1. The van der Waals surface area contributed by atoms with E-state index in [0.29, 0.717) is 5.15 Å². The maximum absolute atomic E-state index is 6.15. The van der Waals surface area contributed by atoms with Gasteiger partial charge in [0.05, 0.1) is 5.69 Å². The fraction of sp³-hybridized carbons (Fsp3) is 0.312. The zero-order chi connectivity index (χ0) is 13.9. The average Bonchev–Trinajstić information content (AvgIpc) is 2.47. The van der Waals surface area contributed by atoms with E-state index in [4.69, 9.17) is 11.6 Å². The summed E-state index contributed by atoms with van der Waals surface area (Å²) in [5.41, 5.74) is 6.00. The third kappa shape index (κ3) is 2.59. The zero-order valence-corrected chi connectivity index (χ0v) is 12.3. The van der Waals surface area contributed by atoms with Crippen LogP contribution in [0, 0.1) is 6.92 Å². The molecule has 3 nitrogen and oxygen atoms in total. The highest BCUT2D eigenvalue weighted by Gasteiger charge is 2.12. The van der Waals surface area contributed by atoms with Gasteiger partial charge in [-0.2, -0.15) is 0 Å². The summed E-state index contributed by atoms with van der Waals surface area (Å²) in [4.78, 5) is 4.13. The van der Waals surface area contributed by atoms with Crippen LogP contribution >= 0.6 is 11.6 Å². The maximum Gasteiger partial charge on any atom is 0.152 e. The van der Waals surface area contributed by atoms with Crippen molar-refractivity contribution in [2.45, 2.75) is 26.3 Å². The number of fused-ring (bicyclic) bond motifs is 1. The van der Waals surface area contributed by atoms with Crippen molar-refractivity contribution in [3.8, 4) is 0 Å². The van der Waals surface area contributed by atoms with E-state index in [1.807, 2.05) is 13.0 Å². The number of rotatable bonds is 3. The Hall–Kier alpha value is -1.74. The number of nitrogens with one attached hydrogen (secondary N) is 2. The van der Waals surface area contributed by atoms with Gasteiger partial charge in [0, 0.05) is 25.0 Å². The fourth-order valence-corrected chi connectivity index (χ4v) is 2.92. The van der Waals surface area contributed by atoms with Crippen LogP contribution in [-0.2, 0) is 13.0 Å². The molecule has 1 aliphatic heterocycles. The molecule has 0 spiro atoms. The lowest BCUT2D eigenvalue weighted by Gasteiger charge is -2.22. The summed E-state index contributed by atoms with van der Waals surface area (Å²) in [7, 11) is 0. The first-order valence-corrected chi connectivity index (χ1v) is 7.33. The molecule has 1 aromatic carbocycles. The van der Waals surface area contributed by atoms with Crippen molar-refractivity contribution in [1.82, 2.24) is 4.98 Å². The van der Waals surface area contributed by atoms with Gasteiger partial charge in [-0.05, 0) is 42.5 Å². The van der Waals surface area contributed by atoms with Crippen molar-refractivity contribution in [2.24, 2.45) is 0 Å². The second-order valence-electron chi connectivity index (χ2n) is 5.13. The molecule has 1 aromatic heterocycles. The number of para-hydroxylation sites is 1. The summed E-state index contributed by atoms with van der Waals surface area (Å²) in [6.45, 7) is 3.84. The molecule has 0 bridgehead atoms. The molecule has 20 heavy (non-hydrogen) atoms. The molecule has 1 aliphatic rings. The molecule has 3 rings (SSSR count). The topological polar surface area (TPSA) is 37.0 Å². The molecule has 2 aromatic rings. The Morgan fingerprint density at radius 1 is 1.35 bits per heavy atom. The minimum Gasteiger partial charge on any atom is -0.385 e. The van der Waals surface area contributed by atoms with Crippen LogP contribution in [0.15, 0.2) is 30.5 Å². The van der Waals surface area contributed by atoms with E-state index in [1.54, 1.807) is 6.20 Å². The van der Waals surface area contributed by atoms with Gasteiger partial charge in [-0.3, -0.25) is 0 Å². The van der Waals surface area contributed by atoms with E-state index in [0.717, 1.165) is 30.8 Å². The quantitative estimate of drug-likeness (QED) is 0.838. The van der Waals surface area contributed by atoms with Crippen molar-refractivity contribution in [1.29, 1.82) is 0 Å². The van der Waals surface area contributed by atoms with Gasteiger partial charge >= 0.3 is 0 Å². The van der Waals surface area contributed by atoms with E-state index in [2.05, 4.69) is 33.8 Å². The van der Waals surface area contributed by atoms with E-state index in [9.17, 15) is 0 Å². The number of benzene rings is 1. The van der Waals surface area contributed by atoms with Crippen LogP contribution in [0.3, 0.4) is 0 Å². The standard InChI is InChI=1S/C16H18ClN3/c1-11-7-9-19-16(17)14(11)20-10-13-5-2-4-12-6-3-8-18-15(12)13/h2,4-5,7,9,18,20H,3,6,8,10H2,1H3. The van der Waals surface area contributed by atoms with Crippen molar-refractivity contribution in [2.75, 3.05) is 17.2 Å². The molecular formula is C16H18ClN3. The van der Waals surface area contributed by atoms with Gasteiger partial charge in [0.25, 0.3) is 0 Å². The Morgan fingerprint density at radius 2 is 2.25 bits per heavy atom. The molecule has 104 valence electrons. The predicted octanol–water partition coefficient (Wildman–Crippen LogP) is 4.01. The Labute approximate surface area is 124 Å². The molecule has 4 heteroatoms. The number of aryl methyl sites for hydroxylation is 2. The molecule has 0 amide bonds. The van der Waals surface area contributed by atoms with Crippen LogP contribution < -0.4 is 10.6 Å². The highest BCUT2D eigenvalue weighted by Crippen LogP contribution is 2.28. The monoisotopic (exact) mass is 287 g/mol. The summed E-state index contributed by atoms with van der Waals surface area (Å²) in [6, 6.07) is 8.45. The SMILES string of the molecule is Cc1ccnc(Cl)c1NCc1cccc2c1NCCC2. The van der Waals surface area contributed by atoms with E-state index < -0.39 is 0 Å². The van der Waals surface area contributed by atoms with E-state index in [-0.39, 0.29) is 0 Å². The van der Waals surface area contributed by atoms with Crippen LogP contribution in [0.2, 0.25) is 5.15 Å². The molecular weight excluding hydrogens is 270 g/mol. The number of anilines is 2. The van der Waals surface area contributed by atoms with Crippen LogP contribution in [-0.4, -0.2) is 11.5 Å². The number of hydrogen-bond acceptors (Lipinski definition) is 3. The molecule has 0 atom stereocenters. The Morgan fingerprint density at radius 3 is 3.10 bits per heavy atom. The largest absolute Gasteiger partial charge is 0.385 e. The van der Waals surface area contributed by atoms with Crippen molar-refractivity contribution >= 4 is 23.0 Å². The summed E-state index contributed by atoms with van der Waals surface area (Å²) in [5.74, 6) is 0. The highest BCUT2D eigenvalue weighted by molar-refractivity contribution is 6.32. The fourth-order valence-electron chi connectivity index (χ4n) is 2.65. The lowest BCUT2D eigenvalue weighted by molar-refractivity contribution is 0.825. The van der Waals surface area contributed by atoms with Gasteiger partial charge < -0.3 is 10.6 Å². The first-order chi connectivity index (χ1) is 9.75. The van der Waals surface area contributed by atoms with Gasteiger partial charge in [-0.25, -0.2) is 4.98 Å². The molecule has 0 radical (unpaired) electrons. The second kappa shape index (κ2) is 5.71. The van der Waals surface area contributed by atoms with Crippen LogP contribution in [0.25, 0.3) is 0 Å². The lowest BCUT2D eigenvalue weighted by atomic mass is 9.99. The number of pyridine rings is 1. The number of hydrogen-bond donors (Lipinski definition) is 2. The van der Waals surface area contributed by atoms with Crippen molar-refractivity contribution < 1.29 is 0 Å². The lowest BCUT2D eigenvalue weighted by Crippen LogP contribution is -2.15. The van der Waals surface area contributed by atoms with Gasteiger partial charge in [0.2, 0.25) is 0 Å². The molecule has 0 saturated carbocycles. The van der Waals surface area contributed by atoms with Crippen LogP contribution in [0.1, 0.15) is 23.1 Å². The first kappa shape index (κ1) is 13.3. The molecule has 2 heterocycles. The zero-order valence-electron chi connectivity index (χ0n) is 11.5. The van der Waals surface area contributed by atoms with Gasteiger partial charge in [-0.15, -0.1) is 0 Å². The molecule has 0 fully saturated rings. The van der Waals surface area contributed by atoms with Gasteiger partial charge in [0.1, 0.15) is 0 Å². The first-order valence-electron chi connectivity index (χ1n) is 6.95. The van der Waals surface area contributed by atoms with Crippen LogP contribution in [0.5, 0.6) is 0 Å². The highest BCUT2D eigenvalue weighted by atomic mass is 35.5. The minimum atomic E-state index is 0.530. The molecule has 2 N–H and O–H groups in total. The normalized spacial score (nSPS) is 13.5. The third-order valence-corrected chi connectivity index (χ3v) is 4.02. The molecule has 0 saturated heterocycles. The summed E-state index contributed by atoms with van der Waals surface area (Å²) in [5, 5.41) is 7.45. The Kier molecular flexibility index (Phi) is 3.79. The number of aromatic nitrogens is 1. The van der Waals surface area contributed by atoms with Gasteiger partial charge in [0.15, 0.2) is 5.15 Å². The predicted molar refractivity (Wildman–Crippen MR) is 84.6 cm³/mol. The smallest absolute Gasteiger partial charge is 0.152 e. The Balaban J connectivity index is 1.82. The van der Waals surface area contributed by atoms with Crippen LogP contribution in [0.4, 0.5) is 11.4 Å². The maximum atomic E-state index is 6.15. The summed E-state index contributed by atoms with van der Waals surface area (Å²) < 4.78 is 0. The molecule has 0 unspecified atom stereocenters. The summed E-state index contributed by atoms with van der Waals surface area (Å²) in [6.07, 6.45) is 4.09. The average molecular weight is 288 g/mol. The number of nitrogens with zero attached hydrogens (tertiary/aromatic N) is 1.